The number of carbonyl (C=O) groups is 1. The molecule has 204 valence electrons. The molecule has 0 bridgehead atoms. The lowest BCUT2D eigenvalue weighted by molar-refractivity contribution is 0.0601. The number of anilines is 1. The van der Waals surface area contributed by atoms with Gasteiger partial charge in [0.2, 0.25) is 0 Å². The molecule has 41 heavy (non-hydrogen) atoms. The van der Waals surface area contributed by atoms with E-state index in [0.717, 1.165) is 28.4 Å². The summed E-state index contributed by atoms with van der Waals surface area (Å²) in [6.07, 6.45) is 1.77. The Morgan fingerprint density at radius 1 is 0.927 bits per heavy atom. The van der Waals surface area contributed by atoms with E-state index in [4.69, 9.17) is 26.1 Å². The molecule has 8 heteroatoms. The highest BCUT2D eigenvalue weighted by Crippen LogP contribution is 2.43. The van der Waals surface area contributed by atoms with Gasteiger partial charge in [0.25, 0.3) is 0 Å². The zero-order valence-electron chi connectivity index (χ0n) is 22.5. The molecular formula is C33H27N3O4S. The van der Waals surface area contributed by atoms with Crippen LogP contribution in [0, 0.1) is 6.92 Å². The number of ether oxygens (including phenoxy) is 2. The number of benzene rings is 3. The van der Waals surface area contributed by atoms with Gasteiger partial charge >= 0.3 is 5.97 Å². The van der Waals surface area contributed by atoms with Gasteiger partial charge in [-0.2, -0.15) is 0 Å². The molecule has 0 radical (unpaired) electrons. The second kappa shape index (κ2) is 11.3. The van der Waals surface area contributed by atoms with Crippen LogP contribution in [-0.4, -0.2) is 23.2 Å². The highest BCUT2D eigenvalue weighted by Gasteiger charge is 2.42. The van der Waals surface area contributed by atoms with Crippen molar-refractivity contribution in [2.45, 2.75) is 19.0 Å². The SMILES string of the molecule is COC(=O)c1cccc(-c2ccc([C@@H]3[C@@H](c4ccccn4)NC(=S)N3c3ccc(Oc4ccc(C)cc4)cc3)o2)c1. The van der Waals surface area contributed by atoms with Gasteiger partial charge in [-0.05, 0) is 91.9 Å². The van der Waals surface area contributed by atoms with Crippen molar-refractivity contribution < 1.29 is 18.7 Å². The summed E-state index contributed by atoms with van der Waals surface area (Å²) in [5.74, 6) is 2.42. The van der Waals surface area contributed by atoms with Crippen molar-refractivity contribution in [3.63, 3.8) is 0 Å². The first-order valence-corrected chi connectivity index (χ1v) is 13.5. The number of esters is 1. The topological polar surface area (TPSA) is 76.8 Å². The monoisotopic (exact) mass is 561 g/mol. The van der Waals surface area contributed by atoms with Crippen molar-refractivity contribution in [1.82, 2.24) is 10.3 Å². The van der Waals surface area contributed by atoms with Crippen molar-refractivity contribution in [2.75, 3.05) is 12.0 Å². The largest absolute Gasteiger partial charge is 0.465 e. The molecule has 0 aliphatic carbocycles. The minimum absolute atomic E-state index is 0.257. The van der Waals surface area contributed by atoms with Crippen LogP contribution in [0.5, 0.6) is 11.5 Å². The molecule has 2 atom stereocenters. The molecule has 0 amide bonds. The molecule has 1 saturated heterocycles. The van der Waals surface area contributed by atoms with Crippen molar-refractivity contribution in [3.05, 3.63) is 132 Å². The first-order valence-electron chi connectivity index (χ1n) is 13.1. The van der Waals surface area contributed by atoms with Gasteiger partial charge in [0.1, 0.15) is 29.1 Å². The van der Waals surface area contributed by atoms with E-state index in [1.807, 2.05) is 96.8 Å². The quantitative estimate of drug-likeness (QED) is 0.163. The summed E-state index contributed by atoms with van der Waals surface area (Å²) in [6, 6.07) is 32.0. The second-order valence-corrected chi connectivity index (χ2v) is 10.1. The van der Waals surface area contributed by atoms with E-state index in [0.29, 0.717) is 22.2 Å². The lowest BCUT2D eigenvalue weighted by Crippen LogP contribution is -2.29. The normalized spacial score (nSPS) is 16.3. The van der Waals surface area contributed by atoms with E-state index < -0.39 is 5.97 Å². The van der Waals surface area contributed by atoms with E-state index in [-0.39, 0.29) is 12.1 Å². The molecule has 0 saturated carbocycles. The maximum absolute atomic E-state index is 12.1. The average molecular weight is 562 g/mol. The van der Waals surface area contributed by atoms with Crippen LogP contribution in [-0.2, 0) is 4.74 Å². The van der Waals surface area contributed by atoms with Crippen LogP contribution in [0.3, 0.4) is 0 Å². The molecule has 1 aliphatic heterocycles. The van der Waals surface area contributed by atoms with E-state index in [2.05, 4.69) is 10.3 Å². The zero-order valence-corrected chi connectivity index (χ0v) is 23.3. The van der Waals surface area contributed by atoms with E-state index in [9.17, 15) is 4.79 Å². The Labute approximate surface area is 243 Å². The number of thiocarbonyl (C=S) groups is 1. The van der Waals surface area contributed by atoms with Crippen LogP contribution in [0.4, 0.5) is 5.69 Å². The standard InChI is InChI=1S/C33H27N3O4S/c1-21-9-13-25(14-10-21)39-26-15-11-24(12-16-26)36-31(30(35-33(36)41)27-8-3-4-19-34-27)29-18-17-28(40-29)22-6-5-7-23(20-22)32(37)38-2/h3-20,30-31H,1-2H3,(H,35,41)/t30-,31-/m1/s1. The fourth-order valence-electron chi connectivity index (χ4n) is 4.92. The third-order valence-corrected chi connectivity index (χ3v) is 7.27. The van der Waals surface area contributed by atoms with Gasteiger partial charge in [0, 0.05) is 17.4 Å². The Morgan fingerprint density at radius 3 is 2.39 bits per heavy atom. The number of rotatable bonds is 7. The van der Waals surface area contributed by atoms with Crippen molar-refractivity contribution >= 4 is 29.0 Å². The summed E-state index contributed by atoms with van der Waals surface area (Å²) in [6.45, 7) is 2.04. The number of methoxy groups -OCH3 is 1. The maximum atomic E-state index is 12.1. The Hall–Kier alpha value is -4.95. The number of aromatic nitrogens is 1. The lowest BCUT2D eigenvalue weighted by Gasteiger charge is -2.26. The third kappa shape index (κ3) is 5.42. The Kier molecular flexibility index (Phi) is 7.22. The predicted molar refractivity (Wildman–Crippen MR) is 161 cm³/mol. The van der Waals surface area contributed by atoms with Gasteiger partial charge in [-0.25, -0.2) is 4.79 Å². The molecule has 2 aromatic heterocycles. The van der Waals surface area contributed by atoms with Crippen LogP contribution in [0.1, 0.15) is 39.5 Å². The fraction of sp³-hybridized carbons (Fsp3) is 0.121. The molecule has 0 unspecified atom stereocenters. The maximum Gasteiger partial charge on any atom is 0.337 e. The van der Waals surface area contributed by atoms with Gasteiger partial charge in [0.15, 0.2) is 5.11 Å². The van der Waals surface area contributed by atoms with Crippen molar-refractivity contribution in [3.8, 4) is 22.8 Å². The number of carbonyl (C=O) groups excluding carboxylic acids is 1. The number of aryl methyl sites for hydroxylation is 1. The van der Waals surface area contributed by atoms with E-state index in [1.165, 1.54) is 12.7 Å². The summed E-state index contributed by atoms with van der Waals surface area (Å²) < 4.78 is 17.4. The number of hydrogen-bond acceptors (Lipinski definition) is 6. The first-order chi connectivity index (χ1) is 20.0. The van der Waals surface area contributed by atoms with Crippen LogP contribution in [0.25, 0.3) is 11.3 Å². The second-order valence-electron chi connectivity index (χ2n) is 9.68. The van der Waals surface area contributed by atoms with Gasteiger partial charge in [-0.15, -0.1) is 0 Å². The smallest absolute Gasteiger partial charge is 0.337 e. The fourth-order valence-corrected chi connectivity index (χ4v) is 5.27. The van der Waals surface area contributed by atoms with E-state index in [1.54, 1.807) is 24.4 Å². The first kappa shape index (κ1) is 26.3. The number of furan rings is 1. The lowest BCUT2D eigenvalue weighted by atomic mass is 10.0. The molecule has 6 rings (SSSR count). The van der Waals surface area contributed by atoms with Gasteiger partial charge in [-0.3, -0.25) is 4.98 Å². The zero-order chi connectivity index (χ0) is 28.3. The number of nitrogens with one attached hydrogen (secondary N) is 1. The average Bonchev–Trinajstić information content (AvgIpc) is 3.63. The molecule has 1 aliphatic rings. The number of nitrogens with zero attached hydrogens (tertiary/aromatic N) is 2. The molecule has 0 spiro atoms. The molecule has 7 nitrogen and oxygen atoms in total. The number of hydrogen-bond donors (Lipinski definition) is 1. The van der Waals surface area contributed by atoms with Crippen molar-refractivity contribution in [1.29, 1.82) is 0 Å². The summed E-state index contributed by atoms with van der Waals surface area (Å²) in [7, 11) is 1.36. The molecule has 1 N–H and O–H groups in total. The third-order valence-electron chi connectivity index (χ3n) is 6.96. The van der Waals surface area contributed by atoms with Gasteiger partial charge in [0.05, 0.1) is 24.4 Å². The van der Waals surface area contributed by atoms with Crippen LogP contribution in [0.2, 0.25) is 0 Å². The van der Waals surface area contributed by atoms with Crippen LogP contribution in [0.15, 0.2) is 114 Å². The Bertz CT molecular complexity index is 1680. The summed E-state index contributed by atoms with van der Waals surface area (Å²) in [5.41, 5.74) is 4.12. The summed E-state index contributed by atoms with van der Waals surface area (Å²) >= 11 is 5.85. The van der Waals surface area contributed by atoms with Gasteiger partial charge < -0.3 is 24.1 Å². The minimum Gasteiger partial charge on any atom is -0.465 e. The molecule has 5 aromatic rings. The highest BCUT2D eigenvalue weighted by molar-refractivity contribution is 7.80. The van der Waals surface area contributed by atoms with Gasteiger partial charge in [-0.1, -0.05) is 35.9 Å². The van der Waals surface area contributed by atoms with Crippen LogP contribution < -0.4 is 15.0 Å². The number of pyridine rings is 1. The molecular weight excluding hydrogens is 534 g/mol. The Morgan fingerprint density at radius 2 is 1.68 bits per heavy atom. The highest BCUT2D eigenvalue weighted by atomic mass is 32.1. The minimum atomic E-state index is -0.403. The van der Waals surface area contributed by atoms with Crippen molar-refractivity contribution in [2.24, 2.45) is 0 Å². The summed E-state index contributed by atoms with van der Waals surface area (Å²) in [5, 5.41) is 4.01. The van der Waals surface area contributed by atoms with Crippen LogP contribution >= 0.6 is 12.2 Å². The Balaban J connectivity index is 1.34. The molecule has 3 aromatic carbocycles. The molecule has 3 heterocycles. The summed E-state index contributed by atoms with van der Waals surface area (Å²) in [4.78, 5) is 18.7. The predicted octanol–water partition coefficient (Wildman–Crippen LogP) is 7.41. The van der Waals surface area contributed by atoms with E-state index >= 15 is 0 Å². The molecule has 1 fully saturated rings.